The van der Waals surface area contributed by atoms with Gasteiger partial charge in [0.2, 0.25) is 0 Å². The van der Waals surface area contributed by atoms with E-state index in [0.717, 1.165) is 12.0 Å². The van der Waals surface area contributed by atoms with Gasteiger partial charge in [-0.3, -0.25) is 9.59 Å². The van der Waals surface area contributed by atoms with Crippen molar-refractivity contribution in [1.29, 1.82) is 0 Å². The Morgan fingerprint density at radius 3 is 2.00 bits per heavy atom. The van der Waals surface area contributed by atoms with Crippen LogP contribution in [0.4, 0.5) is 0 Å². The first-order valence-electron chi connectivity index (χ1n) is 4.81. The first-order valence-corrected chi connectivity index (χ1v) is 5.19. The van der Waals surface area contributed by atoms with Crippen LogP contribution >= 0.6 is 11.6 Å². The van der Waals surface area contributed by atoms with Gasteiger partial charge in [0.1, 0.15) is 0 Å². The molecule has 0 bridgehead atoms. The maximum Gasteiger partial charge on any atom is 0.160 e. The summed E-state index contributed by atoms with van der Waals surface area (Å²) in [7, 11) is 0. The molecule has 3 heteroatoms. The quantitative estimate of drug-likeness (QED) is 0.739. The summed E-state index contributed by atoms with van der Waals surface area (Å²) in [6.07, 6.45) is 0.747. The van der Waals surface area contributed by atoms with Gasteiger partial charge in [-0.2, -0.15) is 0 Å². The van der Waals surface area contributed by atoms with Crippen molar-refractivity contribution in [3.8, 4) is 0 Å². The number of hydrogen-bond acceptors (Lipinski definition) is 2. The molecule has 0 N–H and O–H groups in total. The molecular formula is C12H13ClO2. The van der Waals surface area contributed by atoms with Crippen LogP contribution in [0.15, 0.2) is 12.1 Å². The number of Topliss-reactive ketones (excluding diaryl/α,β-unsaturated/α-hetero) is 2. The molecule has 0 atom stereocenters. The Kier molecular flexibility index (Phi) is 3.64. The van der Waals surface area contributed by atoms with Crippen LogP contribution in [0.5, 0.6) is 0 Å². The lowest BCUT2D eigenvalue weighted by molar-refractivity contribution is 0.0980. The van der Waals surface area contributed by atoms with Crippen LogP contribution in [0, 0.1) is 0 Å². The molecule has 0 unspecified atom stereocenters. The summed E-state index contributed by atoms with van der Waals surface area (Å²) in [5.74, 6) is -0.240. The largest absolute Gasteiger partial charge is 0.294 e. The molecule has 0 fully saturated rings. The van der Waals surface area contributed by atoms with Crippen LogP contribution in [-0.4, -0.2) is 11.6 Å². The van der Waals surface area contributed by atoms with Gasteiger partial charge in [0.15, 0.2) is 11.6 Å². The SMILES string of the molecule is CCc1cc(C(C)=O)c(C(C)=O)cc1Cl. The lowest BCUT2D eigenvalue weighted by atomic mass is 9.97. The van der Waals surface area contributed by atoms with E-state index < -0.39 is 0 Å². The van der Waals surface area contributed by atoms with Crippen LogP contribution in [0.1, 0.15) is 47.1 Å². The second-order valence-corrected chi connectivity index (χ2v) is 3.86. The zero-order valence-corrected chi connectivity index (χ0v) is 9.81. The molecular weight excluding hydrogens is 212 g/mol. The zero-order chi connectivity index (χ0) is 11.6. The Hall–Kier alpha value is -1.15. The number of carbonyl (C=O) groups excluding carboxylic acids is 2. The van der Waals surface area contributed by atoms with Crippen molar-refractivity contribution < 1.29 is 9.59 Å². The number of hydrogen-bond donors (Lipinski definition) is 0. The lowest BCUT2D eigenvalue weighted by Crippen LogP contribution is -2.05. The van der Waals surface area contributed by atoms with Crippen molar-refractivity contribution in [2.45, 2.75) is 27.2 Å². The summed E-state index contributed by atoms with van der Waals surface area (Å²) >= 11 is 5.99. The normalized spacial score (nSPS) is 10.1. The average molecular weight is 225 g/mol. The van der Waals surface area contributed by atoms with E-state index in [1.54, 1.807) is 12.1 Å². The minimum atomic E-state index is -0.134. The highest BCUT2D eigenvalue weighted by Crippen LogP contribution is 2.23. The van der Waals surface area contributed by atoms with Gasteiger partial charge in [-0.25, -0.2) is 0 Å². The van der Waals surface area contributed by atoms with Crippen molar-refractivity contribution in [3.63, 3.8) is 0 Å². The molecule has 1 aromatic carbocycles. The molecule has 1 rings (SSSR count). The summed E-state index contributed by atoms with van der Waals surface area (Å²) in [6, 6.07) is 3.29. The maximum absolute atomic E-state index is 11.4. The Labute approximate surface area is 94.2 Å². The molecule has 0 spiro atoms. The predicted octanol–water partition coefficient (Wildman–Crippen LogP) is 3.31. The predicted molar refractivity (Wildman–Crippen MR) is 60.8 cm³/mol. The standard InChI is InChI=1S/C12H13ClO2/c1-4-9-5-10(7(2)14)11(8(3)15)6-12(9)13/h5-6H,4H2,1-3H3. The third-order valence-electron chi connectivity index (χ3n) is 2.33. The van der Waals surface area contributed by atoms with Gasteiger partial charge in [-0.1, -0.05) is 18.5 Å². The maximum atomic E-state index is 11.4. The third-order valence-corrected chi connectivity index (χ3v) is 2.68. The lowest BCUT2D eigenvalue weighted by Gasteiger charge is -2.08. The van der Waals surface area contributed by atoms with Crippen LogP contribution in [0.2, 0.25) is 5.02 Å². The number of ketones is 2. The average Bonchev–Trinajstić information content (AvgIpc) is 2.16. The number of carbonyl (C=O) groups is 2. The molecule has 0 aliphatic rings. The van der Waals surface area contributed by atoms with Crippen LogP contribution < -0.4 is 0 Å². The van der Waals surface area contributed by atoms with Gasteiger partial charge in [0.25, 0.3) is 0 Å². The number of rotatable bonds is 3. The van der Waals surface area contributed by atoms with Gasteiger partial charge in [0.05, 0.1) is 0 Å². The molecule has 2 nitrogen and oxygen atoms in total. The van der Waals surface area contributed by atoms with E-state index in [4.69, 9.17) is 11.6 Å². The zero-order valence-electron chi connectivity index (χ0n) is 9.06. The molecule has 0 heterocycles. The van der Waals surface area contributed by atoms with E-state index in [-0.39, 0.29) is 11.6 Å². The van der Waals surface area contributed by atoms with E-state index in [2.05, 4.69) is 0 Å². The number of aryl methyl sites for hydroxylation is 1. The molecule has 0 aliphatic carbocycles. The second-order valence-electron chi connectivity index (χ2n) is 3.46. The molecule has 0 radical (unpaired) electrons. The van der Waals surface area contributed by atoms with Crippen molar-refractivity contribution in [2.24, 2.45) is 0 Å². The fraction of sp³-hybridized carbons (Fsp3) is 0.333. The van der Waals surface area contributed by atoms with E-state index in [9.17, 15) is 9.59 Å². The summed E-state index contributed by atoms with van der Waals surface area (Å²) in [5, 5.41) is 0.549. The van der Waals surface area contributed by atoms with Gasteiger partial charge in [-0.15, -0.1) is 0 Å². The fourth-order valence-corrected chi connectivity index (χ4v) is 1.77. The van der Waals surface area contributed by atoms with E-state index in [1.807, 2.05) is 6.92 Å². The molecule has 15 heavy (non-hydrogen) atoms. The first-order chi connectivity index (χ1) is 6.97. The van der Waals surface area contributed by atoms with Crippen LogP contribution in [-0.2, 0) is 6.42 Å². The third kappa shape index (κ3) is 2.45. The molecule has 0 saturated carbocycles. The molecule has 0 aromatic heterocycles. The summed E-state index contributed by atoms with van der Waals surface area (Å²) < 4.78 is 0. The van der Waals surface area contributed by atoms with Crippen LogP contribution in [0.25, 0.3) is 0 Å². The Bertz CT molecular complexity index is 422. The van der Waals surface area contributed by atoms with Gasteiger partial charge in [-0.05, 0) is 38.0 Å². The minimum Gasteiger partial charge on any atom is -0.294 e. The van der Waals surface area contributed by atoms with Gasteiger partial charge >= 0.3 is 0 Å². The smallest absolute Gasteiger partial charge is 0.160 e. The van der Waals surface area contributed by atoms with Gasteiger partial charge < -0.3 is 0 Å². The monoisotopic (exact) mass is 224 g/mol. The highest BCUT2D eigenvalue weighted by molar-refractivity contribution is 6.32. The summed E-state index contributed by atoms with van der Waals surface area (Å²) in [6.45, 7) is 4.84. The Morgan fingerprint density at radius 1 is 1.13 bits per heavy atom. The first kappa shape index (κ1) is 11.9. The number of benzene rings is 1. The summed E-state index contributed by atoms with van der Waals surface area (Å²) in [5.41, 5.74) is 1.76. The van der Waals surface area contributed by atoms with Crippen molar-refractivity contribution in [1.82, 2.24) is 0 Å². The van der Waals surface area contributed by atoms with E-state index in [1.165, 1.54) is 13.8 Å². The van der Waals surface area contributed by atoms with Crippen LogP contribution in [0.3, 0.4) is 0 Å². The molecule has 0 saturated heterocycles. The number of halogens is 1. The summed E-state index contributed by atoms with van der Waals surface area (Å²) in [4.78, 5) is 22.7. The molecule has 0 amide bonds. The highest BCUT2D eigenvalue weighted by atomic mass is 35.5. The topological polar surface area (TPSA) is 34.1 Å². The molecule has 0 aliphatic heterocycles. The second kappa shape index (κ2) is 4.58. The van der Waals surface area contributed by atoms with E-state index >= 15 is 0 Å². The van der Waals surface area contributed by atoms with Crippen molar-refractivity contribution in [3.05, 3.63) is 33.8 Å². The molecule has 80 valence electrons. The Balaban J connectivity index is 3.45. The van der Waals surface area contributed by atoms with Crippen molar-refractivity contribution >= 4 is 23.2 Å². The molecule has 1 aromatic rings. The Morgan fingerprint density at radius 2 is 1.60 bits per heavy atom. The van der Waals surface area contributed by atoms with Gasteiger partial charge in [0, 0.05) is 16.1 Å². The van der Waals surface area contributed by atoms with E-state index in [0.29, 0.717) is 16.1 Å². The minimum absolute atomic E-state index is 0.105. The highest BCUT2D eigenvalue weighted by Gasteiger charge is 2.14. The van der Waals surface area contributed by atoms with Crippen molar-refractivity contribution in [2.75, 3.05) is 0 Å². The fourth-order valence-electron chi connectivity index (χ4n) is 1.47.